The number of anilines is 2. The highest BCUT2D eigenvalue weighted by Gasteiger charge is 2.24. The molecule has 0 spiro atoms. The number of hydrogen-bond acceptors (Lipinski definition) is 7. The van der Waals surface area contributed by atoms with E-state index in [1.165, 1.54) is 38.8 Å². The Bertz CT molecular complexity index is 775. The van der Waals surface area contributed by atoms with Gasteiger partial charge in [0, 0.05) is 13.1 Å². The van der Waals surface area contributed by atoms with Crippen molar-refractivity contribution in [3.63, 3.8) is 0 Å². The van der Waals surface area contributed by atoms with Gasteiger partial charge in [-0.25, -0.2) is 0 Å². The molecule has 0 bridgehead atoms. The van der Waals surface area contributed by atoms with Crippen molar-refractivity contribution >= 4 is 22.9 Å². The number of methoxy groups -OCH3 is 1. The maximum atomic E-state index is 5.94. The molecule has 4 N–H and O–H groups in total. The summed E-state index contributed by atoms with van der Waals surface area (Å²) < 4.78 is 7.36. The molecule has 1 saturated heterocycles. The van der Waals surface area contributed by atoms with E-state index < -0.39 is 0 Å². The van der Waals surface area contributed by atoms with Crippen molar-refractivity contribution in [1.82, 2.24) is 24.4 Å². The number of imidazole rings is 1. The Morgan fingerprint density at radius 3 is 2.71 bits per heavy atom. The van der Waals surface area contributed by atoms with Gasteiger partial charge < -0.3 is 21.1 Å². The van der Waals surface area contributed by atoms with E-state index in [9.17, 15) is 0 Å². The molecule has 0 saturated carbocycles. The highest BCUT2D eigenvalue weighted by Crippen LogP contribution is 2.27. The first-order valence-corrected chi connectivity index (χ1v) is 10.6. The number of nitrogens with zero attached hydrogens (tertiary/aromatic N) is 5. The molecular weight excluding hydrogens is 354 g/mol. The van der Waals surface area contributed by atoms with Gasteiger partial charge in [-0.2, -0.15) is 15.0 Å². The Labute approximate surface area is 167 Å². The van der Waals surface area contributed by atoms with Gasteiger partial charge >= 0.3 is 0 Å². The Hall–Kier alpha value is -2.09. The van der Waals surface area contributed by atoms with Crippen LogP contribution in [0.15, 0.2) is 0 Å². The fourth-order valence-corrected chi connectivity index (χ4v) is 4.43. The summed E-state index contributed by atoms with van der Waals surface area (Å²) in [7, 11) is 1.61. The number of piperidine rings is 1. The van der Waals surface area contributed by atoms with Crippen LogP contribution in [0.3, 0.4) is 0 Å². The van der Waals surface area contributed by atoms with Gasteiger partial charge in [0.05, 0.1) is 7.11 Å². The SMILES string of the molecule is CCC[C@@H](C)C1CCCN(CCCCn2c(OC)nc3c(N)nc(N)nc32)C1. The van der Waals surface area contributed by atoms with Crippen LogP contribution in [0, 0.1) is 11.8 Å². The maximum absolute atomic E-state index is 5.94. The Balaban J connectivity index is 1.55. The lowest BCUT2D eigenvalue weighted by molar-refractivity contribution is 0.133. The molecule has 8 nitrogen and oxygen atoms in total. The van der Waals surface area contributed by atoms with Crippen molar-refractivity contribution in [3.05, 3.63) is 0 Å². The first kappa shape index (κ1) is 20.6. The van der Waals surface area contributed by atoms with Crippen LogP contribution in [0.2, 0.25) is 0 Å². The molecule has 8 heteroatoms. The topological polar surface area (TPSA) is 108 Å². The third-order valence-electron chi connectivity index (χ3n) is 5.98. The number of unbranched alkanes of at least 4 members (excludes halogenated alkanes) is 1. The van der Waals surface area contributed by atoms with E-state index in [0.717, 1.165) is 37.8 Å². The third kappa shape index (κ3) is 4.66. The second-order valence-electron chi connectivity index (χ2n) is 8.07. The van der Waals surface area contributed by atoms with Crippen LogP contribution in [-0.2, 0) is 6.54 Å². The maximum Gasteiger partial charge on any atom is 0.298 e. The molecule has 1 unspecified atom stereocenters. The van der Waals surface area contributed by atoms with Crippen LogP contribution in [0.25, 0.3) is 11.2 Å². The average Bonchev–Trinajstić information content (AvgIpc) is 3.03. The number of fused-ring (bicyclic) bond motifs is 1. The van der Waals surface area contributed by atoms with Crippen molar-refractivity contribution in [1.29, 1.82) is 0 Å². The normalized spacial score (nSPS) is 19.2. The standard InChI is InChI=1S/C20H35N7O/c1-4-8-14(2)15-9-7-11-26(13-15)10-5-6-12-27-18-16(23-20(27)28-3)17(21)24-19(22)25-18/h14-15H,4-13H2,1-3H3,(H4,21,22,24,25)/t14-,15?/m1/s1. The summed E-state index contributed by atoms with van der Waals surface area (Å²) in [4.78, 5) is 15.4. The minimum atomic E-state index is 0.161. The van der Waals surface area contributed by atoms with Crippen LogP contribution < -0.4 is 16.2 Å². The van der Waals surface area contributed by atoms with Crippen LogP contribution in [0.1, 0.15) is 52.4 Å². The summed E-state index contributed by atoms with van der Waals surface area (Å²) in [6, 6.07) is 0.507. The molecule has 1 fully saturated rings. The van der Waals surface area contributed by atoms with E-state index in [-0.39, 0.29) is 5.95 Å². The van der Waals surface area contributed by atoms with Gasteiger partial charge in [0.15, 0.2) is 17.0 Å². The molecule has 2 aromatic heterocycles. The molecule has 3 heterocycles. The van der Waals surface area contributed by atoms with Crippen LogP contribution in [-0.4, -0.2) is 51.2 Å². The summed E-state index contributed by atoms with van der Waals surface area (Å²) in [6.45, 7) is 9.11. The molecule has 1 aliphatic heterocycles. The lowest BCUT2D eigenvalue weighted by atomic mass is 9.84. The largest absolute Gasteiger partial charge is 0.468 e. The molecule has 0 aliphatic carbocycles. The van der Waals surface area contributed by atoms with E-state index in [1.54, 1.807) is 7.11 Å². The number of likely N-dealkylation sites (tertiary alicyclic amines) is 1. The second-order valence-corrected chi connectivity index (χ2v) is 8.07. The molecule has 28 heavy (non-hydrogen) atoms. The monoisotopic (exact) mass is 389 g/mol. The lowest BCUT2D eigenvalue weighted by Gasteiger charge is -2.36. The number of aromatic nitrogens is 4. The molecule has 2 aromatic rings. The van der Waals surface area contributed by atoms with Crippen molar-refractivity contribution in [2.24, 2.45) is 11.8 Å². The number of rotatable bonds is 9. The van der Waals surface area contributed by atoms with E-state index in [1.807, 2.05) is 4.57 Å². The second kappa shape index (κ2) is 9.41. The smallest absolute Gasteiger partial charge is 0.298 e. The minimum Gasteiger partial charge on any atom is -0.468 e. The van der Waals surface area contributed by atoms with Gasteiger partial charge in [0.25, 0.3) is 6.01 Å². The molecule has 156 valence electrons. The summed E-state index contributed by atoms with van der Waals surface area (Å²) in [5, 5.41) is 0. The predicted octanol–water partition coefficient (Wildman–Crippen LogP) is 2.93. The zero-order chi connectivity index (χ0) is 20.1. The van der Waals surface area contributed by atoms with Gasteiger partial charge in [-0.15, -0.1) is 0 Å². The first-order chi connectivity index (χ1) is 13.5. The van der Waals surface area contributed by atoms with Crippen molar-refractivity contribution in [3.8, 4) is 6.01 Å². The molecule has 3 rings (SSSR count). The van der Waals surface area contributed by atoms with Crippen molar-refractivity contribution < 1.29 is 4.74 Å². The van der Waals surface area contributed by atoms with Crippen LogP contribution in [0.5, 0.6) is 6.01 Å². The molecule has 0 aromatic carbocycles. The number of nitrogens with two attached hydrogens (primary N) is 2. The molecule has 1 aliphatic rings. The Morgan fingerprint density at radius 2 is 1.96 bits per heavy atom. The number of hydrogen-bond donors (Lipinski definition) is 2. The highest BCUT2D eigenvalue weighted by molar-refractivity contribution is 5.83. The summed E-state index contributed by atoms with van der Waals surface area (Å²) >= 11 is 0. The predicted molar refractivity (Wildman–Crippen MR) is 113 cm³/mol. The van der Waals surface area contributed by atoms with Crippen LogP contribution >= 0.6 is 0 Å². The van der Waals surface area contributed by atoms with Crippen molar-refractivity contribution in [2.45, 2.75) is 58.9 Å². The van der Waals surface area contributed by atoms with Gasteiger partial charge in [-0.05, 0) is 50.6 Å². The van der Waals surface area contributed by atoms with Crippen molar-refractivity contribution in [2.75, 3.05) is 38.2 Å². The summed E-state index contributed by atoms with van der Waals surface area (Å²) in [5.74, 6) is 2.15. The van der Waals surface area contributed by atoms with E-state index in [2.05, 4.69) is 33.7 Å². The third-order valence-corrected chi connectivity index (χ3v) is 5.98. The summed E-state index contributed by atoms with van der Waals surface area (Å²) in [6.07, 6.45) is 7.51. The molecule has 0 radical (unpaired) electrons. The number of ether oxygens (including phenoxy) is 1. The average molecular weight is 390 g/mol. The lowest BCUT2D eigenvalue weighted by Crippen LogP contribution is -2.38. The Morgan fingerprint density at radius 1 is 1.18 bits per heavy atom. The number of aryl methyl sites for hydroxylation is 1. The zero-order valence-corrected chi connectivity index (χ0v) is 17.5. The molecular formula is C20H35N7O. The van der Waals surface area contributed by atoms with Gasteiger partial charge in [-0.1, -0.05) is 26.7 Å². The van der Waals surface area contributed by atoms with Gasteiger partial charge in [0.1, 0.15) is 0 Å². The van der Waals surface area contributed by atoms with Crippen LogP contribution in [0.4, 0.5) is 11.8 Å². The Kier molecular flexibility index (Phi) is 6.93. The summed E-state index contributed by atoms with van der Waals surface area (Å²) in [5.41, 5.74) is 12.9. The van der Waals surface area contributed by atoms with E-state index in [4.69, 9.17) is 16.2 Å². The molecule has 2 atom stereocenters. The highest BCUT2D eigenvalue weighted by atomic mass is 16.5. The fourth-order valence-electron chi connectivity index (χ4n) is 4.43. The molecule has 0 amide bonds. The first-order valence-electron chi connectivity index (χ1n) is 10.6. The van der Waals surface area contributed by atoms with E-state index in [0.29, 0.717) is 23.0 Å². The van der Waals surface area contributed by atoms with Gasteiger partial charge in [-0.3, -0.25) is 4.57 Å². The van der Waals surface area contributed by atoms with E-state index >= 15 is 0 Å². The number of nitrogen functional groups attached to an aromatic ring is 2. The quantitative estimate of drug-likeness (QED) is 0.635. The fraction of sp³-hybridized carbons (Fsp3) is 0.750. The zero-order valence-electron chi connectivity index (χ0n) is 17.5. The van der Waals surface area contributed by atoms with Gasteiger partial charge in [0.2, 0.25) is 5.95 Å². The minimum absolute atomic E-state index is 0.161.